The van der Waals surface area contributed by atoms with E-state index < -0.39 is 6.10 Å². The maximum absolute atomic E-state index is 10.5. The van der Waals surface area contributed by atoms with Crippen LogP contribution in [0.5, 0.6) is 0 Å². The van der Waals surface area contributed by atoms with Crippen molar-refractivity contribution in [2.75, 3.05) is 13.1 Å². The number of hydrogen-bond donors (Lipinski definition) is 1. The summed E-state index contributed by atoms with van der Waals surface area (Å²) in [6.07, 6.45) is 6.07. The van der Waals surface area contributed by atoms with E-state index in [9.17, 15) is 5.11 Å². The van der Waals surface area contributed by atoms with E-state index in [1.807, 2.05) is 18.2 Å². The third-order valence-electron chi connectivity index (χ3n) is 5.18. The fourth-order valence-corrected chi connectivity index (χ4v) is 4.68. The second kappa shape index (κ2) is 8.17. The Balaban J connectivity index is 1.30. The van der Waals surface area contributed by atoms with Gasteiger partial charge in [-0.15, -0.1) is 11.3 Å². The lowest BCUT2D eigenvalue weighted by Crippen LogP contribution is -2.32. The summed E-state index contributed by atoms with van der Waals surface area (Å²) >= 11 is 1.68. The van der Waals surface area contributed by atoms with Crippen molar-refractivity contribution in [3.63, 3.8) is 0 Å². The molecule has 0 radical (unpaired) electrons. The van der Waals surface area contributed by atoms with Crippen LogP contribution in [0.25, 0.3) is 10.1 Å². The van der Waals surface area contributed by atoms with Gasteiger partial charge in [0, 0.05) is 16.1 Å². The summed E-state index contributed by atoms with van der Waals surface area (Å²) in [4.78, 5) is 3.56. The molecule has 4 rings (SSSR count). The molecule has 1 aromatic heterocycles. The number of fused-ring (bicyclic) bond motifs is 1. The smallest absolute Gasteiger partial charge is 0.106 e. The van der Waals surface area contributed by atoms with E-state index in [4.69, 9.17) is 0 Å². The lowest BCUT2D eigenvalue weighted by molar-refractivity contribution is 0.193. The molecular weight excluding hydrogens is 338 g/mol. The first-order valence-corrected chi connectivity index (χ1v) is 10.2. The molecule has 1 unspecified atom stereocenters. The van der Waals surface area contributed by atoms with Crippen LogP contribution in [0.1, 0.15) is 29.4 Å². The molecule has 1 atom stereocenters. The molecule has 134 valence electrons. The van der Waals surface area contributed by atoms with E-state index in [2.05, 4.69) is 59.5 Å². The number of rotatable bonds is 5. The molecule has 0 aliphatic carbocycles. The zero-order chi connectivity index (χ0) is 17.8. The third-order valence-corrected chi connectivity index (χ3v) is 6.37. The van der Waals surface area contributed by atoms with E-state index >= 15 is 0 Å². The van der Waals surface area contributed by atoms with E-state index in [-0.39, 0.29) is 0 Å². The Morgan fingerprint density at radius 1 is 1.04 bits per heavy atom. The maximum atomic E-state index is 10.5. The van der Waals surface area contributed by atoms with Gasteiger partial charge in [-0.05, 0) is 54.9 Å². The summed E-state index contributed by atoms with van der Waals surface area (Å²) in [6.45, 7) is 3.30. The standard InChI is InChI=1S/C23H25NOS/c25-21(23-16-20-8-4-5-9-22(20)26-23)11-10-18-12-14-24(15-13-18)17-19-6-2-1-3-7-19/h1-11,16,18,21,25H,12-15,17H2. The highest BCUT2D eigenvalue weighted by molar-refractivity contribution is 7.19. The molecule has 0 saturated carbocycles. The molecule has 1 aliphatic rings. The average molecular weight is 364 g/mol. The first kappa shape index (κ1) is 17.5. The molecule has 1 saturated heterocycles. The van der Waals surface area contributed by atoms with Crippen molar-refractivity contribution in [3.05, 3.63) is 83.3 Å². The number of nitrogens with zero attached hydrogens (tertiary/aromatic N) is 1. The lowest BCUT2D eigenvalue weighted by atomic mass is 9.95. The molecule has 26 heavy (non-hydrogen) atoms. The van der Waals surface area contributed by atoms with Crippen LogP contribution in [0.3, 0.4) is 0 Å². The van der Waals surface area contributed by atoms with Gasteiger partial charge < -0.3 is 5.11 Å². The summed E-state index contributed by atoms with van der Waals surface area (Å²) in [5, 5.41) is 11.7. The summed E-state index contributed by atoms with van der Waals surface area (Å²) < 4.78 is 1.24. The average Bonchev–Trinajstić information content (AvgIpc) is 3.12. The Labute approximate surface area is 159 Å². The number of hydrogen-bond acceptors (Lipinski definition) is 3. The fourth-order valence-electron chi connectivity index (χ4n) is 3.65. The number of likely N-dealkylation sites (tertiary alicyclic amines) is 1. The zero-order valence-electron chi connectivity index (χ0n) is 14.9. The van der Waals surface area contributed by atoms with Crippen LogP contribution >= 0.6 is 11.3 Å². The van der Waals surface area contributed by atoms with Crippen LogP contribution in [-0.2, 0) is 6.54 Å². The van der Waals surface area contributed by atoms with E-state index in [0.717, 1.165) is 24.5 Å². The number of piperidine rings is 1. The highest BCUT2D eigenvalue weighted by Gasteiger charge is 2.18. The highest BCUT2D eigenvalue weighted by Crippen LogP contribution is 2.31. The van der Waals surface area contributed by atoms with Crippen LogP contribution in [0, 0.1) is 5.92 Å². The summed E-state index contributed by atoms with van der Waals surface area (Å²) in [6, 6.07) is 21.1. The van der Waals surface area contributed by atoms with Gasteiger partial charge in [-0.25, -0.2) is 0 Å². The summed E-state index contributed by atoms with van der Waals surface area (Å²) in [5.74, 6) is 0.575. The number of aliphatic hydroxyl groups is 1. The number of allylic oxidation sites excluding steroid dienone is 1. The third kappa shape index (κ3) is 4.24. The molecule has 2 heterocycles. The van der Waals surface area contributed by atoms with E-state index in [1.165, 1.54) is 28.5 Å². The number of thiophene rings is 1. The second-order valence-corrected chi connectivity index (χ2v) is 8.23. The van der Waals surface area contributed by atoms with Crippen LogP contribution < -0.4 is 0 Å². The van der Waals surface area contributed by atoms with Gasteiger partial charge in [0.15, 0.2) is 0 Å². The Morgan fingerprint density at radius 3 is 2.54 bits per heavy atom. The number of aliphatic hydroxyl groups excluding tert-OH is 1. The van der Waals surface area contributed by atoms with Gasteiger partial charge in [0.2, 0.25) is 0 Å². The molecule has 1 aliphatic heterocycles. The second-order valence-electron chi connectivity index (χ2n) is 7.12. The minimum Gasteiger partial charge on any atom is -0.383 e. The van der Waals surface area contributed by atoms with Gasteiger partial charge in [-0.2, -0.15) is 0 Å². The zero-order valence-corrected chi connectivity index (χ0v) is 15.7. The predicted molar refractivity (Wildman–Crippen MR) is 110 cm³/mol. The summed E-state index contributed by atoms with van der Waals surface area (Å²) in [5.41, 5.74) is 1.39. The van der Waals surface area contributed by atoms with Crippen molar-refractivity contribution in [2.24, 2.45) is 5.92 Å². The normalized spacial score (nSPS) is 17.9. The van der Waals surface area contributed by atoms with Gasteiger partial charge in [0.25, 0.3) is 0 Å². The number of benzene rings is 2. The molecule has 0 bridgehead atoms. The van der Waals surface area contributed by atoms with Gasteiger partial charge in [-0.3, -0.25) is 4.90 Å². The molecule has 1 N–H and O–H groups in total. The Hall–Kier alpha value is -1.94. The van der Waals surface area contributed by atoms with Gasteiger partial charge >= 0.3 is 0 Å². The maximum Gasteiger partial charge on any atom is 0.106 e. The molecule has 2 nitrogen and oxygen atoms in total. The van der Waals surface area contributed by atoms with Gasteiger partial charge in [0.05, 0.1) is 0 Å². The summed E-state index contributed by atoms with van der Waals surface area (Å²) in [7, 11) is 0. The SMILES string of the molecule is OC(C=CC1CCN(Cc2ccccc2)CC1)c1cc2ccccc2s1. The quantitative estimate of drug-likeness (QED) is 0.613. The lowest BCUT2D eigenvalue weighted by Gasteiger charge is -2.30. The van der Waals surface area contributed by atoms with Crippen molar-refractivity contribution >= 4 is 21.4 Å². The molecule has 0 spiro atoms. The van der Waals surface area contributed by atoms with Crippen LogP contribution in [0.4, 0.5) is 0 Å². The Kier molecular flexibility index (Phi) is 5.49. The van der Waals surface area contributed by atoms with Crippen molar-refractivity contribution in [1.82, 2.24) is 4.90 Å². The molecular formula is C23H25NOS. The van der Waals surface area contributed by atoms with Crippen molar-refractivity contribution < 1.29 is 5.11 Å². The van der Waals surface area contributed by atoms with E-state index in [0.29, 0.717) is 5.92 Å². The van der Waals surface area contributed by atoms with Gasteiger partial charge in [0.1, 0.15) is 6.10 Å². The fraction of sp³-hybridized carbons (Fsp3) is 0.304. The highest BCUT2D eigenvalue weighted by atomic mass is 32.1. The largest absolute Gasteiger partial charge is 0.383 e. The minimum absolute atomic E-state index is 0.491. The molecule has 3 aromatic rings. The minimum atomic E-state index is -0.491. The Morgan fingerprint density at radius 2 is 1.77 bits per heavy atom. The predicted octanol–water partition coefficient (Wildman–Crippen LogP) is 5.40. The van der Waals surface area contributed by atoms with Crippen LogP contribution in [-0.4, -0.2) is 23.1 Å². The molecule has 3 heteroatoms. The first-order chi connectivity index (χ1) is 12.8. The first-order valence-electron chi connectivity index (χ1n) is 9.39. The van der Waals surface area contributed by atoms with E-state index in [1.54, 1.807) is 11.3 Å². The molecule has 1 fully saturated rings. The molecule has 2 aromatic carbocycles. The molecule has 0 amide bonds. The topological polar surface area (TPSA) is 23.5 Å². The Bertz CT molecular complexity index is 829. The van der Waals surface area contributed by atoms with Gasteiger partial charge in [-0.1, -0.05) is 60.7 Å². The van der Waals surface area contributed by atoms with Crippen LogP contribution in [0.15, 0.2) is 72.8 Å². The van der Waals surface area contributed by atoms with Crippen molar-refractivity contribution in [2.45, 2.75) is 25.5 Å². The van der Waals surface area contributed by atoms with Crippen LogP contribution in [0.2, 0.25) is 0 Å². The monoisotopic (exact) mass is 363 g/mol. The van der Waals surface area contributed by atoms with Crippen molar-refractivity contribution in [3.8, 4) is 0 Å². The van der Waals surface area contributed by atoms with Crippen molar-refractivity contribution in [1.29, 1.82) is 0 Å².